The molecule has 35 heavy (non-hydrogen) atoms. The lowest BCUT2D eigenvalue weighted by Gasteiger charge is -2.20. The number of rotatable bonds is 9. The molecular weight excluding hydrogens is 474 g/mol. The van der Waals surface area contributed by atoms with Gasteiger partial charge >= 0.3 is 5.97 Å². The van der Waals surface area contributed by atoms with Crippen LogP contribution in [0, 0.1) is 5.92 Å². The van der Waals surface area contributed by atoms with E-state index < -0.39 is 21.9 Å². The molecule has 184 valence electrons. The Kier molecular flexibility index (Phi) is 7.22. The Hall–Kier alpha value is -3.64. The van der Waals surface area contributed by atoms with E-state index in [0.29, 0.717) is 30.2 Å². The van der Waals surface area contributed by atoms with Gasteiger partial charge in [-0.3, -0.25) is 14.6 Å². The number of pyridine rings is 1. The highest BCUT2D eigenvalue weighted by atomic mass is 32.2. The predicted octanol–water partition coefficient (Wildman–Crippen LogP) is 2.26. The van der Waals surface area contributed by atoms with Gasteiger partial charge in [-0.15, -0.1) is 0 Å². The lowest BCUT2D eigenvalue weighted by atomic mass is 10.1. The molecule has 3 heterocycles. The average molecular weight is 500 g/mol. The Morgan fingerprint density at radius 2 is 1.94 bits per heavy atom. The van der Waals surface area contributed by atoms with Crippen LogP contribution in [-0.2, 0) is 31.0 Å². The van der Waals surface area contributed by atoms with E-state index in [2.05, 4.69) is 15.1 Å². The van der Waals surface area contributed by atoms with E-state index in [9.17, 15) is 18.0 Å². The van der Waals surface area contributed by atoms with Crippen LogP contribution in [0.3, 0.4) is 0 Å². The van der Waals surface area contributed by atoms with Crippen molar-refractivity contribution < 1.29 is 27.3 Å². The summed E-state index contributed by atoms with van der Waals surface area (Å²) < 4.78 is 37.1. The van der Waals surface area contributed by atoms with E-state index >= 15 is 0 Å². The number of benzene rings is 1. The van der Waals surface area contributed by atoms with Crippen molar-refractivity contribution in [2.75, 3.05) is 24.5 Å². The summed E-state index contributed by atoms with van der Waals surface area (Å²) in [6.07, 6.45) is 3.20. The summed E-state index contributed by atoms with van der Waals surface area (Å²) in [4.78, 5) is 34.9. The van der Waals surface area contributed by atoms with Crippen molar-refractivity contribution in [3.63, 3.8) is 0 Å². The molecule has 3 aromatic rings. The van der Waals surface area contributed by atoms with Gasteiger partial charge in [-0.25, -0.2) is 8.42 Å². The first-order valence-electron chi connectivity index (χ1n) is 11.1. The van der Waals surface area contributed by atoms with Crippen LogP contribution in [0.15, 0.2) is 58.2 Å². The van der Waals surface area contributed by atoms with Crippen LogP contribution in [-0.4, -0.2) is 59.4 Å². The summed E-state index contributed by atoms with van der Waals surface area (Å²) in [5, 5.41) is 3.85. The molecule has 4 rings (SSSR count). The summed E-state index contributed by atoms with van der Waals surface area (Å²) in [6, 6.07) is 9.60. The number of ether oxygens (including phenoxy) is 1. The van der Waals surface area contributed by atoms with Crippen molar-refractivity contribution in [3.05, 3.63) is 54.7 Å². The fourth-order valence-electron chi connectivity index (χ4n) is 3.80. The van der Waals surface area contributed by atoms with Gasteiger partial charge in [0.25, 0.3) is 5.89 Å². The van der Waals surface area contributed by atoms with Crippen LogP contribution >= 0.6 is 0 Å². The zero-order chi connectivity index (χ0) is 25.0. The summed E-state index contributed by atoms with van der Waals surface area (Å²) in [5.41, 5.74) is 1.18. The first-order valence-corrected chi connectivity index (χ1v) is 12.6. The highest BCUT2D eigenvalue weighted by molar-refractivity contribution is 7.89. The highest BCUT2D eigenvalue weighted by Gasteiger charge is 2.36. The minimum Gasteiger partial charge on any atom is -0.455 e. The molecule has 1 amide bonds. The summed E-state index contributed by atoms with van der Waals surface area (Å²) in [7, 11) is -3.60. The van der Waals surface area contributed by atoms with Crippen LogP contribution in [0.2, 0.25) is 0 Å². The molecule has 12 heteroatoms. The number of carbonyl (C=O) groups excluding carboxylic acids is 2. The zero-order valence-electron chi connectivity index (χ0n) is 19.3. The Balaban J connectivity index is 1.36. The number of amides is 1. The van der Waals surface area contributed by atoms with Gasteiger partial charge in [-0.05, 0) is 36.4 Å². The van der Waals surface area contributed by atoms with Gasteiger partial charge in [-0.2, -0.15) is 9.29 Å². The van der Waals surface area contributed by atoms with E-state index in [1.165, 1.54) is 21.3 Å². The molecular formula is C23H25N5O6S. The fraction of sp³-hybridized carbons (Fsp3) is 0.348. The highest BCUT2D eigenvalue weighted by Crippen LogP contribution is 2.28. The van der Waals surface area contributed by atoms with Crippen molar-refractivity contribution in [2.45, 2.75) is 31.8 Å². The third kappa shape index (κ3) is 5.23. The number of nitrogens with zero attached hydrogens (tertiary/aromatic N) is 5. The molecule has 0 spiro atoms. The number of anilines is 1. The Labute approximate surface area is 202 Å². The van der Waals surface area contributed by atoms with E-state index in [1.54, 1.807) is 50.5 Å². The third-order valence-corrected chi connectivity index (χ3v) is 7.74. The van der Waals surface area contributed by atoms with Gasteiger partial charge in [0.15, 0.2) is 6.61 Å². The van der Waals surface area contributed by atoms with Crippen LogP contribution in [0.5, 0.6) is 0 Å². The van der Waals surface area contributed by atoms with Gasteiger partial charge in [0, 0.05) is 49.7 Å². The van der Waals surface area contributed by atoms with E-state index in [0.717, 1.165) is 0 Å². The van der Waals surface area contributed by atoms with E-state index in [1.807, 2.05) is 0 Å². The SMILES string of the molecule is CCN(CC)S(=O)(=O)c1ccc(N2CC(C(=O)OCc3nc(-c4cccnc4)no3)CC2=O)cc1. The first kappa shape index (κ1) is 24.5. The van der Waals surface area contributed by atoms with Crippen LogP contribution in [0.1, 0.15) is 26.2 Å². The molecule has 0 aliphatic carbocycles. The standard InChI is InChI=1S/C23H25N5O6S/c1-3-27(4-2)35(31,32)19-9-7-18(8-10-19)28-14-17(12-21(28)29)23(30)33-15-20-25-22(26-34-20)16-6-5-11-24-13-16/h5-11,13,17H,3-4,12,14-15H2,1-2H3. The second-order valence-corrected chi connectivity index (χ2v) is 9.79. The minimum absolute atomic E-state index is 0.0108. The molecule has 0 radical (unpaired) electrons. The first-order chi connectivity index (χ1) is 16.8. The van der Waals surface area contributed by atoms with Gasteiger partial charge in [-0.1, -0.05) is 19.0 Å². The van der Waals surface area contributed by atoms with Crippen LogP contribution in [0.25, 0.3) is 11.4 Å². The van der Waals surface area contributed by atoms with Crippen LogP contribution in [0.4, 0.5) is 5.69 Å². The number of aromatic nitrogens is 3. The topological polar surface area (TPSA) is 136 Å². The second-order valence-electron chi connectivity index (χ2n) is 7.85. The molecule has 1 aromatic carbocycles. The fourth-order valence-corrected chi connectivity index (χ4v) is 5.26. The number of hydrogen-bond donors (Lipinski definition) is 0. The normalized spacial score (nSPS) is 16.1. The Morgan fingerprint density at radius 1 is 1.20 bits per heavy atom. The van der Waals surface area contributed by atoms with Gasteiger partial charge in [0.1, 0.15) is 0 Å². The predicted molar refractivity (Wildman–Crippen MR) is 124 cm³/mol. The molecule has 1 aliphatic heterocycles. The minimum atomic E-state index is -3.60. The average Bonchev–Trinajstić information content (AvgIpc) is 3.51. The molecule has 1 unspecified atom stereocenters. The van der Waals surface area contributed by atoms with E-state index in [-0.39, 0.29) is 36.3 Å². The maximum absolute atomic E-state index is 12.7. The van der Waals surface area contributed by atoms with Gasteiger partial charge in [0.05, 0.1) is 10.8 Å². The number of esters is 1. The summed E-state index contributed by atoms with van der Waals surface area (Å²) in [6.45, 7) is 4.19. The third-order valence-electron chi connectivity index (χ3n) is 5.68. The molecule has 11 nitrogen and oxygen atoms in total. The van der Waals surface area contributed by atoms with Crippen molar-refractivity contribution in [2.24, 2.45) is 5.92 Å². The second kappa shape index (κ2) is 10.3. The molecule has 0 bridgehead atoms. The van der Waals surface area contributed by atoms with Crippen LogP contribution < -0.4 is 4.90 Å². The monoisotopic (exact) mass is 499 g/mol. The molecule has 0 N–H and O–H groups in total. The smallest absolute Gasteiger partial charge is 0.311 e. The number of carbonyl (C=O) groups is 2. The maximum Gasteiger partial charge on any atom is 0.311 e. The molecule has 1 atom stereocenters. The Bertz CT molecular complexity index is 1290. The van der Waals surface area contributed by atoms with E-state index in [4.69, 9.17) is 9.26 Å². The summed E-state index contributed by atoms with van der Waals surface area (Å²) in [5.74, 6) is -1.01. The molecule has 2 aromatic heterocycles. The van der Waals surface area contributed by atoms with Crippen molar-refractivity contribution in [1.82, 2.24) is 19.4 Å². The maximum atomic E-state index is 12.7. The van der Waals surface area contributed by atoms with Crippen molar-refractivity contribution >= 4 is 27.6 Å². The lowest BCUT2D eigenvalue weighted by molar-refractivity contribution is -0.150. The van der Waals surface area contributed by atoms with Crippen molar-refractivity contribution in [3.8, 4) is 11.4 Å². The molecule has 1 saturated heterocycles. The molecule has 0 saturated carbocycles. The van der Waals surface area contributed by atoms with Crippen molar-refractivity contribution in [1.29, 1.82) is 0 Å². The Morgan fingerprint density at radius 3 is 2.60 bits per heavy atom. The quantitative estimate of drug-likeness (QED) is 0.406. The largest absolute Gasteiger partial charge is 0.455 e. The van der Waals surface area contributed by atoms with Gasteiger partial charge < -0.3 is 14.2 Å². The molecule has 1 fully saturated rings. The number of sulfonamides is 1. The lowest BCUT2D eigenvalue weighted by Crippen LogP contribution is -2.30. The zero-order valence-corrected chi connectivity index (χ0v) is 20.1. The number of hydrogen-bond acceptors (Lipinski definition) is 9. The summed E-state index contributed by atoms with van der Waals surface area (Å²) >= 11 is 0. The van der Waals surface area contributed by atoms with Gasteiger partial charge in [0.2, 0.25) is 21.8 Å². The molecule has 1 aliphatic rings.